The highest BCUT2D eigenvalue weighted by Gasteiger charge is 2.50. The van der Waals surface area contributed by atoms with Crippen molar-refractivity contribution in [2.75, 3.05) is 13.1 Å². The minimum absolute atomic E-state index is 0.355. The third-order valence-electron chi connectivity index (χ3n) is 5.77. The van der Waals surface area contributed by atoms with E-state index in [4.69, 9.17) is 5.73 Å². The van der Waals surface area contributed by atoms with Gasteiger partial charge in [-0.1, -0.05) is 0 Å². The first-order valence-electron chi connectivity index (χ1n) is 7.78. The van der Waals surface area contributed by atoms with Crippen molar-refractivity contribution in [1.29, 1.82) is 0 Å². The fraction of sp³-hybridized carbons (Fsp3) is 0.933. The molecule has 18 heavy (non-hydrogen) atoms. The van der Waals surface area contributed by atoms with E-state index in [9.17, 15) is 4.79 Å². The molecule has 3 saturated carbocycles. The molecule has 1 saturated heterocycles. The molecular weight excluding hydrogens is 224 g/mol. The van der Waals surface area contributed by atoms with Crippen LogP contribution in [0.1, 0.15) is 38.5 Å². The van der Waals surface area contributed by atoms with Crippen molar-refractivity contribution in [3.63, 3.8) is 0 Å². The van der Waals surface area contributed by atoms with Gasteiger partial charge in [0.25, 0.3) is 0 Å². The van der Waals surface area contributed by atoms with Gasteiger partial charge in [0.05, 0.1) is 0 Å². The van der Waals surface area contributed by atoms with E-state index in [-0.39, 0.29) is 0 Å². The van der Waals surface area contributed by atoms with Gasteiger partial charge in [-0.2, -0.15) is 0 Å². The van der Waals surface area contributed by atoms with E-state index in [0.717, 1.165) is 24.9 Å². The molecular formula is C15H24N2O. The number of rotatable bonds is 3. The molecule has 1 aliphatic heterocycles. The number of fused-ring (bicyclic) bond motifs is 1. The van der Waals surface area contributed by atoms with Crippen LogP contribution in [-0.2, 0) is 4.79 Å². The van der Waals surface area contributed by atoms with Crippen LogP contribution in [0.3, 0.4) is 0 Å². The number of carbonyl (C=O) groups excluding carboxylic acids is 1. The molecule has 3 unspecified atom stereocenters. The lowest BCUT2D eigenvalue weighted by Gasteiger charge is -2.24. The summed E-state index contributed by atoms with van der Waals surface area (Å²) in [6.45, 7) is 1.97. The Balaban J connectivity index is 1.45. The highest BCUT2D eigenvalue weighted by Crippen LogP contribution is 2.50. The minimum Gasteiger partial charge on any atom is -0.342 e. The first-order valence-corrected chi connectivity index (χ1v) is 7.78. The maximum absolute atomic E-state index is 12.7. The molecule has 2 N–H and O–H groups in total. The maximum Gasteiger partial charge on any atom is 0.226 e. The summed E-state index contributed by atoms with van der Waals surface area (Å²) in [4.78, 5) is 14.9. The number of nitrogens with zero attached hydrogens (tertiary/aromatic N) is 1. The molecule has 4 aliphatic rings. The molecule has 3 atom stereocenters. The largest absolute Gasteiger partial charge is 0.342 e. The van der Waals surface area contributed by atoms with Gasteiger partial charge in [-0.15, -0.1) is 0 Å². The van der Waals surface area contributed by atoms with Crippen LogP contribution in [-0.4, -0.2) is 29.9 Å². The average Bonchev–Trinajstić information content (AvgIpc) is 3.26. The van der Waals surface area contributed by atoms with E-state index in [2.05, 4.69) is 4.90 Å². The van der Waals surface area contributed by atoms with Gasteiger partial charge in [-0.25, -0.2) is 0 Å². The molecule has 3 nitrogen and oxygen atoms in total. The highest BCUT2D eigenvalue weighted by molar-refractivity contribution is 5.80. The van der Waals surface area contributed by atoms with Gasteiger partial charge in [0.15, 0.2) is 0 Å². The zero-order valence-corrected chi connectivity index (χ0v) is 11.1. The quantitative estimate of drug-likeness (QED) is 0.825. The molecule has 0 aromatic rings. The Morgan fingerprint density at radius 3 is 2.22 bits per heavy atom. The van der Waals surface area contributed by atoms with Gasteiger partial charge in [-0.3, -0.25) is 4.79 Å². The molecule has 0 bridgehead atoms. The molecule has 3 aliphatic carbocycles. The minimum atomic E-state index is 0.355. The Bertz CT molecular complexity index is 350. The summed E-state index contributed by atoms with van der Waals surface area (Å²) in [5.41, 5.74) is 6.16. The number of hydrogen-bond donors (Lipinski definition) is 1. The number of carbonyl (C=O) groups is 1. The lowest BCUT2D eigenvalue weighted by molar-refractivity contribution is -0.136. The third kappa shape index (κ3) is 1.78. The Labute approximate surface area is 109 Å². The highest BCUT2D eigenvalue weighted by atomic mass is 16.2. The molecule has 3 heteroatoms. The van der Waals surface area contributed by atoms with Gasteiger partial charge < -0.3 is 10.6 Å². The average molecular weight is 248 g/mol. The van der Waals surface area contributed by atoms with Crippen molar-refractivity contribution in [2.45, 2.75) is 44.6 Å². The van der Waals surface area contributed by atoms with E-state index in [1.807, 2.05) is 0 Å². The molecule has 0 spiro atoms. The zero-order valence-electron chi connectivity index (χ0n) is 11.1. The molecule has 0 radical (unpaired) electrons. The summed E-state index contributed by atoms with van der Waals surface area (Å²) in [5.74, 6) is 3.66. The van der Waals surface area contributed by atoms with Gasteiger partial charge in [0.2, 0.25) is 5.91 Å². The topological polar surface area (TPSA) is 46.3 Å². The van der Waals surface area contributed by atoms with Crippen LogP contribution in [0.5, 0.6) is 0 Å². The molecule has 4 fully saturated rings. The maximum atomic E-state index is 12.7. The third-order valence-corrected chi connectivity index (χ3v) is 5.77. The van der Waals surface area contributed by atoms with E-state index < -0.39 is 0 Å². The second-order valence-electron chi connectivity index (χ2n) is 7.11. The molecule has 1 amide bonds. The van der Waals surface area contributed by atoms with Crippen LogP contribution in [0.25, 0.3) is 0 Å². The summed E-state index contributed by atoms with van der Waals surface area (Å²) in [7, 11) is 0. The standard InChI is InChI=1S/C15H24N2O/c16-13-6-5-11-7-17(8-12(11)13)15(18)14(9-1-2-9)10-3-4-10/h9-14H,1-8,16H2. The SMILES string of the molecule is NC1CCC2CN(C(=O)C(C3CC3)C3CC3)CC12. The summed E-state index contributed by atoms with van der Waals surface area (Å²) >= 11 is 0. The lowest BCUT2D eigenvalue weighted by atomic mass is 9.96. The molecule has 0 aromatic heterocycles. The summed E-state index contributed by atoms with van der Waals surface area (Å²) in [5, 5.41) is 0. The fourth-order valence-electron chi connectivity index (χ4n) is 4.40. The summed E-state index contributed by atoms with van der Waals surface area (Å²) in [6.07, 6.45) is 7.61. The van der Waals surface area contributed by atoms with Crippen molar-refractivity contribution in [3.05, 3.63) is 0 Å². The smallest absolute Gasteiger partial charge is 0.226 e. The Morgan fingerprint density at radius 1 is 1.00 bits per heavy atom. The number of nitrogens with two attached hydrogens (primary N) is 1. The molecule has 4 rings (SSSR count). The number of likely N-dealkylation sites (tertiary alicyclic amines) is 1. The van der Waals surface area contributed by atoms with Crippen LogP contribution < -0.4 is 5.73 Å². The predicted octanol–water partition coefficient (Wildman–Crippen LogP) is 1.62. The number of hydrogen-bond acceptors (Lipinski definition) is 2. The molecule has 0 aromatic carbocycles. The van der Waals surface area contributed by atoms with Crippen LogP contribution in [0, 0.1) is 29.6 Å². The van der Waals surface area contributed by atoms with Crippen molar-refractivity contribution in [3.8, 4) is 0 Å². The second kappa shape index (κ2) is 3.96. The van der Waals surface area contributed by atoms with E-state index in [1.54, 1.807) is 0 Å². The first kappa shape index (κ1) is 11.3. The fourth-order valence-corrected chi connectivity index (χ4v) is 4.40. The monoisotopic (exact) mass is 248 g/mol. The van der Waals surface area contributed by atoms with E-state index >= 15 is 0 Å². The van der Waals surface area contributed by atoms with Crippen molar-refractivity contribution < 1.29 is 4.79 Å². The van der Waals surface area contributed by atoms with Crippen LogP contribution >= 0.6 is 0 Å². The summed E-state index contributed by atoms with van der Waals surface area (Å²) in [6, 6.07) is 0.355. The predicted molar refractivity (Wildman–Crippen MR) is 69.7 cm³/mol. The number of amides is 1. The molecule has 100 valence electrons. The van der Waals surface area contributed by atoms with Gasteiger partial charge in [0.1, 0.15) is 0 Å². The second-order valence-corrected chi connectivity index (χ2v) is 7.11. The van der Waals surface area contributed by atoms with Crippen LogP contribution in [0.2, 0.25) is 0 Å². The lowest BCUT2D eigenvalue weighted by Crippen LogP contribution is -2.38. The van der Waals surface area contributed by atoms with Gasteiger partial charge >= 0.3 is 0 Å². The van der Waals surface area contributed by atoms with Crippen molar-refractivity contribution in [2.24, 2.45) is 35.3 Å². The van der Waals surface area contributed by atoms with Crippen molar-refractivity contribution in [1.82, 2.24) is 4.90 Å². The Morgan fingerprint density at radius 2 is 1.67 bits per heavy atom. The van der Waals surface area contributed by atoms with Gasteiger partial charge in [-0.05, 0) is 62.2 Å². The van der Waals surface area contributed by atoms with E-state index in [1.165, 1.54) is 38.5 Å². The summed E-state index contributed by atoms with van der Waals surface area (Å²) < 4.78 is 0. The van der Waals surface area contributed by atoms with Gasteiger partial charge in [0, 0.05) is 25.0 Å². The Hall–Kier alpha value is -0.570. The van der Waals surface area contributed by atoms with Crippen molar-refractivity contribution >= 4 is 5.91 Å². The Kier molecular flexibility index (Phi) is 2.48. The van der Waals surface area contributed by atoms with Crippen LogP contribution in [0.15, 0.2) is 0 Å². The van der Waals surface area contributed by atoms with E-state index in [0.29, 0.717) is 29.7 Å². The van der Waals surface area contributed by atoms with Crippen LogP contribution in [0.4, 0.5) is 0 Å². The molecule has 1 heterocycles. The first-order chi connectivity index (χ1) is 8.74. The normalized spacial score (nSPS) is 39.4. The zero-order chi connectivity index (χ0) is 12.3.